The van der Waals surface area contributed by atoms with E-state index in [0.717, 1.165) is 25.1 Å². The number of likely N-dealkylation sites (N-methyl/N-ethyl adjacent to an activating group) is 1. The van der Waals surface area contributed by atoms with Gasteiger partial charge in [-0.25, -0.2) is 0 Å². The van der Waals surface area contributed by atoms with E-state index >= 15 is 0 Å². The number of ether oxygens (including phenoxy) is 2. The fourth-order valence-corrected chi connectivity index (χ4v) is 2.18. The molecular formula is C15H22N2O3. The third kappa shape index (κ3) is 4.42. The number of nitrogens with one attached hydrogen (secondary N) is 2. The Labute approximate surface area is 119 Å². The second-order valence-electron chi connectivity index (χ2n) is 5.02. The Morgan fingerprint density at radius 1 is 1.45 bits per heavy atom. The highest BCUT2D eigenvalue weighted by Crippen LogP contribution is 2.21. The van der Waals surface area contributed by atoms with Crippen molar-refractivity contribution < 1.29 is 14.3 Å². The van der Waals surface area contributed by atoms with E-state index in [4.69, 9.17) is 9.47 Å². The minimum atomic E-state index is -0.142. The molecule has 1 aliphatic rings. The zero-order valence-corrected chi connectivity index (χ0v) is 12.0. The highest BCUT2D eigenvalue weighted by atomic mass is 16.5. The van der Waals surface area contributed by atoms with Crippen LogP contribution in [0.5, 0.6) is 5.75 Å². The molecular weight excluding hydrogens is 256 g/mol. The normalized spacial score (nSPS) is 21.5. The Balaban J connectivity index is 1.81. The molecule has 5 heteroatoms. The molecule has 0 aliphatic carbocycles. The lowest BCUT2D eigenvalue weighted by atomic mass is 10.2. The molecule has 0 radical (unpaired) electrons. The number of rotatable bonds is 6. The van der Waals surface area contributed by atoms with E-state index in [1.807, 2.05) is 24.3 Å². The SMILES string of the molecule is CNC(=O)COc1cccc(NCC2CCC(C)O2)c1. The van der Waals surface area contributed by atoms with Crippen molar-refractivity contribution in [2.45, 2.75) is 32.0 Å². The van der Waals surface area contributed by atoms with Crippen LogP contribution in [0.2, 0.25) is 0 Å². The molecule has 0 aromatic heterocycles. The molecule has 20 heavy (non-hydrogen) atoms. The van der Waals surface area contributed by atoms with Crippen LogP contribution < -0.4 is 15.4 Å². The predicted molar refractivity (Wildman–Crippen MR) is 78.1 cm³/mol. The van der Waals surface area contributed by atoms with Gasteiger partial charge in [-0.2, -0.15) is 0 Å². The molecule has 2 rings (SSSR count). The quantitative estimate of drug-likeness (QED) is 0.833. The molecule has 2 N–H and O–H groups in total. The zero-order valence-electron chi connectivity index (χ0n) is 12.0. The van der Waals surface area contributed by atoms with Crippen LogP contribution in [0.3, 0.4) is 0 Å². The summed E-state index contributed by atoms with van der Waals surface area (Å²) in [4.78, 5) is 11.1. The van der Waals surface area contributed by atoms with Gasteiger partial charge in [-0.05, 0) is 31.9 Å². The van der Waals surface area contributed by atoms with Crippen molar-refractivity contribution in [2.24, 2.45) is 0 Å². The molecule has 1 saturated heterocycles. The van der Waals surface area contributed by atoms with Gasteiger partial charge in [-0.1, -0.05) is 6.07 Å². The number of carbonyl (C=O) groups is 1. The van der Waals surface area contributed by atoms with Crippen LogP contribution in [0.4, 0.5) is 5.69 Å². The Morgan fingerprint density at radius 3 is 3.00 bits per heavy atom. The van der Waals surface area contributed by atoms with E-state index in [9.17, 15) is 4.79 Å². The van der Waals surface area contributed by atoms with Crippen LogP contribution in [0.1, 0.15) is 19.8 Å². The summed E-state index contributed by atoms with van der Waals surface area (Å²) in [6.45, 7) is 2.93. The van der Waals surface area contributed by atoms with Gasteiger partial charge in [0.2, 0.25) is 0 Å². The van der Waals surface area contributed by atoms with E-state index in [0.29, 0.717) is 11.9 Å². The molecule has 1 aromatic carbocycles. The Hall–Kier alpha value is -1.75. The molecule has 5 nitrogen and oxygen atoms in total. The van der Waals surface area contributed by atoms with Crippen LogP contribution in [-0.2, 0) is 9.53 Å². The molecule has 1 aliphatic heterocycles. The standard InChI is InChI=1S/C15H22N2O3/c1-11-6-7-14(20-11)9-17-12-4-3-5-13(8-12)19-10-15(18)16-2/h3-5,8,11,14,17H,6-7,9-10H2,1-2H3,(H,16,18). The lowest BCUT2D eigenvalue weighted by Crippen LogP contribution is -2.24. The van der Waals surface area contributed by atoms with Gasteiger partial charge in [0.15, 0.2) is 6.61 Å². The Morgan fingerprint density at radius 2 is 2.30 bits per heavy atom. The molecule has 2 unspecified atom stereocenters. The van der Waals surface area contributed by atoms with Gasteiger partial charge < -0.3 is 20.1 Å². The van der Waals surface area contributed by atoms with Crippen LogP contribution in [0, 0.1) is 0 Å². The van der Waals surface area contributed by atoms with Gasteiger partial charge in [-0.15, -0.1) is 0 Å². The highest BCUT2D eigenvalue weighted by Gasteiger charge is 2.21. The van der Waals surface area contributed by atoms with Gasteiger partial charge >= 0.3 is 0 Å². The summed E-state index contributed by atoms with van der Waals surface area (Å²) in [5.41, 5.74) is 0.975. The summed E-state index contributed by atoms with van der Waals surface area (Å²) in [5, 5.41) is 5.86. The molecule has 1 aromatic rings. The maximum absolute atomic E-state index is 11.1. The minimum Gasteiger partial charge on any atom is -0.484 e. The van der Waals surface area contributed by atoms with E-state index < -0.39 is 0 Å². The van der Waals surface area contributed by atoms with Crippen LogP contribution in [0.15, 0.2) is 24.3 Å². The van der Waals surface area contributed by atoms with Crippen LogP contribution in [-0.4, -0.2) is 38.3 Å². The summed E-state index contributed by atoms with van der Waals surface area (Å²) in [6, 6.07) is 7.61. The second kappa shape index (κ2) is 7.14. The molecule has 1 fully saturated rings. The zero-order chi connectivity index (χ0) is 14.4. The molecule has 0 bridgehead atoms. The van der Waals surface area contributed by atoms with Gasteiger partial charge in [0.25, 0.3) is 5.91 Å². The first-order valence-electron chi connectivity index (χ1n) is 7.00. The molecule has 110 valence electrons. The van der Waals surface area contributed by atoms with Crippen molar-refractivity contribution in [3.63, 3.8) is 0 Å². The van der Waals surface area contributed by atoms with Crippen molar-refractivity contribution in [3.8, 4) is 5.75 Å². The molecule has 0 saturated carbocycles. The van der Waals surface area contributed by atoms with E-state index in [1.54, 1.807) is 7.05 Å². The topological polar surface area (TPSA) is 59.6 Å². The van der Waals surface area contributed by atoms with E-state index in [-0.39, 0.29) is 18.6 Å². The van der Waals surface area contributed by atoms with Gasteiger partial charge in [0.05, 0.1) is 12.2 Å². The first kappa shape index (κ1) is 14.7. The maximum atomic E-state index is 11.1. The lowest BCUT2D eigenvalue weighted by Gasteiger charge is -2.14. The van der Waals surface area contributed by atoms with Crippen molar-refractivity contribution >= 4 is 11.6 Å². The number of anilines is 1. The molecule has 2 atom stereocenters. The number of benzene rings is 1. The average Bonchev–Trinajstić information content (AvgIpc) is 2.88. The number of hydrogen-bond acceptors (Lipinski definition) is 4. The third-order valence-electron chi connectivity index (χ3n) is 3.34. The molecule has 1 heterocycles. The number of carbonyl (C=O) groups excluding carboxylic acids is 1. The summed E-state index contributed by atoms with van der Waals surface area (Å²) in [7, 11) is 1.59. The van der Waals surface area contributed by atoms with Crippen molar-refractivity contribution in [3.05, 3.63) is 24.3 Å². The number of hydrogen-bond donors (Lipinski definition) is 2. The maximum Gasteiger partial charge on any atom is 0.257 e. The summed E-state index contributed by atoms with van der Waals surface area (Å²) < 4.78 is 11.2. The first-order valence-corrected chi connectivity index (χ1v) is 7.00. The van der Waals surface area contributed by atoms with Crippen molar-refractivity contribution in [2.75, 3.05) is 25.5 Å². The first-order chi connectivity index (χ1) is 9.67. The second-order valence-corrected chi connectivity index (χ2v) is 5.02. The Kier molecular flexibility index (Phi) is 5.24. The highest BCUT2D eigenvalue weighted by molar-refractivity contribution is 5.77. The largest absolute Gasteiger partial charge is 0.484 e. The summed E-state index contributed by atoms with van der Waals surface area (Å²) >= 11 is 0. The summed E-state index contributed by atoms with van der Waals surface area (Å²) in [5.74, 6) is 0.538. The van der Waals surface area contributed by atoms with Crippen molar-refractivity contribution in [1.29, 1.82) is 0 Å². The molecule has 1 amide bonds. The third-order valence-corrected chi connectivity index (χ3v) is 3.34. The summed E-state index contributed by atoms with van der Waals surface area (Å²) in [6.07, 6.45) is 2.87. The van der Waals surface area contributed by atoms with E-state index in [1.165, 1.54) is 0 Å². The van der Waals surface area contributed by atoms with Crippen molar-refractivity contribution in [1.82, 2.24) is 5.32 Å². The van der Waals surface area contributed by atoms with Crippen LogP contribution in [0.25, 0.3) is 0 Å². The monoisotopic (exact) mass is 278 g/mol. The Bertz CT molecular complexity index is 450. The van der Waals surface area contributed by atoms with Gasteiger partial charge in [-0.3, -0.25) is 4.79 Å². The van der Waals surface area contributed by atoms with Gasteiger partial charge in [0.1, 0.15) is 5.75 Å². The van der Waals surface area contributed by atoms with Crippen LogP contribution >= 0.6 is 0 Å². The lowest BCUT2D eigenvalue weighted by molar-refractivity contribution is -0.122. The average molecular weight is 278 g/mol. The van der Waals surface area contributed by atoms with Gasteiger partial charge in [0, 0.05) is 25.3 Å². The smallest absolute Gasteiger partial charge is 0.257 e. The number of amides is 1. The van der Waals surface area contributed by atoms with E-state index in [2.05, 4.69) is 17.6 Å². The minimum absolute atomic E-state index is 0.0310. The molecule has 0 spiro atoms. The predicted octanol–water partition coefficient (Wildman–Crippen LogP) is 1.79. The fraction of sp³-hybridized carbons (Fsp3) is 0.533. The fourth-order valence-electron chi connectivity index (χ4n) is 2.18.